The first kappa shape index (κ1) is 15.3. The molecule has 2 unspecified atom stereocenters. The Morgan fingerprint density at radius 3 is 2.47 bits per heavy atom. The Kier molecular flexibility index (Phi) is 5.27. The molecule has 0 aromatic rings. The zero-order valence-corrected chi connectivity index (χ0v) is 13.4. The fourth-order valence-corrected chi connectivity index (χ4v) is 3.41. The smallest absolute Gasteiger partial charge is 0.0235 e. The van der Waals surface area contributed by atoms with Crippen molar-refractivity contribution in [3.63, 3.8) is 0 Å². The van der Waals surface area contributed by atoms with Crippen molar-refractivity contribution in [2.24, 2.45) is 0 Å². The van der Waals surface area contributed by atoms with Gasteiger partial charge in [0.05, 0.1) is 0 Å². The lowest BCUT2D eigenvalue weighted by Gasteiger charge is -2.28. The molecule has 112 valence electrons. The summed E-state index contributed by atoms with van der Waals surface area (Å²) in [4.78, 5) is 5.42. The first-order valence-corrected chi connectivity index (χ1v) is 8.19. The van der Waals surface area contributed by atoms with Crippen LogP contribution in [0.2, 0.25) is 0 Å². The molecule has 0 amide bonds. The molecule has 2 rings (SSSR count). The minimum Gasteiger partial charge on any atom is -0.312 e. The van der Waals surface area contributed by atoms with E-state index < -0.39 is 0 Å². The summed E-state index contributed by atoms with van der Waals surface area (Å²) in [5, 5.41) is 3.61. The maximum absolute atomic E-state index is 3.61. The van der Waals surface area contributed by atoms with Gasteiger partial charge in [0.15, 0.2) is 0 Å². The van der Waals surface area contributed by atoms with Gasteiger partial charge in [-0.15, -0.1) is 0 Å². The third-order valence-corrected chi connectivity index (χ3v) is 4.69. The second-order valence-electron chi connectivity index (χ2n) is 7.49. The van der Waals surface area contributed by atoms with Crippen LogP contribution in [0.5, 0.6) is 0 Å². The summed E-state index contributed by atoms with van der Waals surface area (Å²) < 4.78 is 0. The Morgan fingerprint density at radius 2 is 1.84 bits per heavy atom. The molecule has 0 saturated carbocycles. The summed E-state index contributed by atoms with van der Waals surface area (Å²) in [7, 11) is 0. The van der Waals surface area contributed by atoms with E-state index in [1.807, 2.05) is 0 Å². The van der Waals surface area contributed by atoms with Gasteiger partial charge in [0.25, 0.3) is 0 Å². The van der Waals surface area contributed by atoms with Gasteiger partial charge in [-0.25, -0.2) is 0 Å². The average Bonchev–Trinajstić information content (AvgIpc) is 2.98. The van der Waals surface area contributed by atoms with Crippen LogP contribution in [0, 0.1) is 0 Å². The van der Waals surface area contributed by atoms with Crippen LogP contribution < -0.4 is 5.32 Å². The molecule has 2 aliphatic rings. The topological polar surface area (TPSA) is 18.5 Å². The molecule has 3 heteroatoms. The highest BCUT2D eigenvalue weighted by Crippen LogP contribution is 2.22. The molecule has 1 N–H and O–H groups in total. The molecule has 2 atom stereocenters. The number of likely N-dealkylation sites (tertiary alicyclic amines) is 2. The zero-order valence-electron chi connectivity index (χ0n) is 13.4. The van der Waals surface area contributed by atoms with Crippen molar-refractivity contribution in [3.05, 3.63) is 0 Å². The molecule has 3 nitrogen and oxygen atoms in total. The van der Waals surface area contributed by atoms with Crippen molar-refractivity contribution < 1.29 is 0 Å². The fourth-order valence-electron chi connectivity index (χ4n) is 3.41. The molecule has 2 aliphatic heterocycles. The maximum Gasteiger partial charge on any atom is 0.0235 e. The van der Waals surface area contributed by atoms with Gasteiger partial charge in [-0.05, 0) is 73.0 Å². The minimum absolute atomic E-state index is 0.253. The fraction of sp³-hybridized carbons (Fsp3) is 1.00. The van der Waals surface area contributed by atoms with E-state index in [0.29, 0.717) is 0 Å². The van der Waals surface area contributed by atoms with Crippen LogP contribution in [0.4, 0.5) is 0 Å². The summed E-state index contributed by atoms with van der Waals surface area (Å²) >= 11 is 0. The number of hydrogen-bond donors (Lipinski definition) is 1. The van der Waals surface area contributed by atoms with Crippen molar-refractivity contribution in [2.45, 2.75) is 71.0 Å². The second-order valence-corrected chi connectivity index (χ2v) is 7.49. The highest BCUT2D eigenvalue weighted by Gasteiger charge is 2.31. The molecule has 0 aliphatic carbocycles. The van der Waals surface area contributed by atoms with Crippen molar-refractivity contribution in [2.75, 3.05) is 32.7 Å². The summed E-state index contributed by atoms with van der Waals surface area (Å²) in [5.41, 5.74) is 0.253. The predicted octanol–water partition coefficient (Wildman–Crippen LogP) is 2.32. The highest BCUT2D eigenvalue weighted by molar-refractivity contribution is 4.88. The van der Waals surface area contributed by atoms with Gasteiger partial charge in [-0.3, -0.25) is 9.80 Å². The summed E-state index contributed by atoms with van der Waals surface area (Å²) in [6.07, 6.45) is 5.49. The van der Waals surface area contributed by atoms with E-state index in [4.69, 9.17) is 0 Å². The molecule has 2 heterocycles. The minimum atomic E-state index is 0.253. The molecule has 0 spiro atoms. The Hall–Kier alpha value is -0.120. The summed E-state index contributed by atoms with van der Waals surface area (Å²) in [6, 6.07) is 1.57. The van der Waals surface area contributed by atoms with Gasteiger partial charge in [-0.1, -0.05) is 0 Å². The van der Waals surface area contributed by atoms with E-state index in [-0.39, 0.29) is 5.54 Å². The Morgan fingerprint density at radius 1 is 1.16 bits per heavy atom. The number of hydrogen-bond acceptors (Lipinski definition) is 3. The summed E-state index contributed by atoms with van der Waals surface area (Å²) in [6.45, 7) is 15.6. The average molecular weight is 267 g/mol. The quantitative estimate of drug-likeness (QED) is 0.825. The van der Waals surface area contributed by atoms with Gasteiger partial charge < -0.3 is 5.32 Å². The van der Waals surface area contributed by atoms with Crippen LogP contribution in [-0.2, 0) is 0 Å². The third-order valence-electron chi connectivity index (χ3n) is 4.69. The third kappa shape index (κ3) is 4.73. The van der Waals surface area contributed by atoms with Crippen LogP contribution in [-0.4, -0.2) is 60.1 Å². The van der Waals surface area contributed by atoms with E-state index in [0.717, 1.165) is 18.6 Å². The van der Waals surface area contributed by atoms with Gasteiger partial charge in [0.1, 0.15) is 0 Å². The highest BCUT2D eigenvalue weighted by atomic mass is 15.3. The first-order valence-electron chi connectivity index (χ1n) is 8.19. The number of nitrogens with zero attached hydrogens (tertiary/aromatic N) is 2. The lowest BCUT2D eigenvalue weighted by Crippen LogP contribution is -2.41. The van der Waals surface area contributed by atoms with Crippen molar-refractivity contribution in [1.82, 2.24) is 15.1 Å². The van der Waals surface area contributed by atoms with Crippen molar-refractivity contribution >= 4 is 0 Å². The molecular formula is C16H33N3. The zero-order chi connectivity index (χ0) is 13.9. The van der Waals surface area contributed by atoms with Crippen molar-refractivity contribution in [1.29, 1.82) is 0 Å². The van der Waals surface area contributed by atoms with Crippen LogP contribution in [0.25, 0.3) is 0 Å². The van der Waals surface area contributed by atoms with Crippen LogP contribution >= 0.6 is 0 Å². The molecule has 0 aromatic carbocycles. The lowest BCUT2D eigenvalue weighted by atomic mass is 10.1. The van der Waals surface area contributed by atoms with Gasteiger partial charge in [0.2, 0.25) is 0 Å². The van der Waals surface area contributed by atoms with Crippen molar-refractivity contribution in [3.8, 4) is 0 Å². The Bertz CT molecular complexity index is 266. The molecule has 2 saturated heterocycles. The molecule has 19 heavy (non-hydrogen) atoms. The van der Waals surface area contributed by atoms with Gasteiger partial charge in [0, 0.05) is 30.7 Å². The second kappa shape index (κ2) is 6.55. The van der Waals surface area contributed by atoms with E-state index >= 15 is 0 Å². The number of rotatable bonds is 5. The number of nitrogens with one attached hydrogen (secondary N) is 1. The molecular weight excluding hydrogens is 234 g/mol. The Labute approximate surface area is 119 Å². The van der Waals surface area contributed by atoms with Gasteiger partial charge in [-0.2, -0.15) is 0 Å². The van der Waals surface area contributed by atoms with E-state index in [2.05, 4.69) is 42.8 Å². The van der Waals surface area contributed by atoms with E-state index in [9.17, 15) is 0 Å². The van der Waals surface area contributed by atoms with E-state index in [1.165, 1.54) is 51.9 Å². The standard InChI is InChI=1S/C16H33N3/c1-14(7-9-17-16(2,3)4)19-12-8-15(13-19)18-10-5-6-11-18/h14-15,17H,5-13H2,1-4H3. The SMILES string of the molecule is CC(CCNC(C)(C)C)N1CCC(N2CCCC2)C1. The summed E-state index contributed by atoms with van der Waals surface area (Å²) in [5.74, 6) is 0. The predicted molar refractivity (Wildman–Crippen MR) is 82.6 cm³/mol. The first-order chi connectivity index (χ1) is 8.96. The maximum atomic E-state index is 3.61. The Balaban J connectivity index is 1.68. The largest absolute Gasteiger partial charge is 0.312 e. The van der Waals surface area contributed by atoms with Crippen LogP contribution in [0.3, 0.4) is 0 Å². The van der Waals surface area contributed by atoms with E-state index in [1.54, 1.807) is 0 Å². The molecule has 0 radical (unpaired) electrons. The van der Waals surface area contributed by atoms with Gasteiger partial charge >= 0.3 is 0 Å². The monoisotopic (exact) mass is 267 g/mol. The molecule has 2 fully saturated rings. The molecule has 0 bridgehead atoms. The van der Waals surface area contributed by atoms with Crippen LogP contribution in [0.15, 0.2) is 0 Å². The van der Waals surface area contributed by atoms with Crippen LogP contribution in [0.1, 0.15) is 53.4 Å². The lowest BCUT2D eigenvalue weighted by molar-refractivity contribution is 0.199. The normalized spacial score (nSPS) is 28.1. The molecule has 0 aromatic heterocycles.